The Morgan fingerprint density at radius 2 is 2.11 bits per heavy atom. The van der Waals surface area contributed by atoms with Crippen LogP contribution in [0.4, 0.5) is 5.82 Å². The van der Waals surface area contributed by atoms with Gasteiger partial charge in [0, 0.05) is 23.7 Å². The molecule has 3 N–H and O–H groups in total. The number of fused-ring (bicyclic) bond motifs is 1. The minimum Gasteiger partial charge on any atom is -0.497 e. The molecule has 0 fully saturated rings. The third-order valence-corrected chi connectivity index (χ3v) is 2.68. The largest absolute Gasteiger partial charge is 0.497 e. The zero-order valence-corrected chi connectivity index (χ0v) is 11.0. The molecule has 0 amide bonds. The maximum absolute atomic E-state index is 5.97. The third-order valence-electron chi connectivity index (χ3n) is 2.68. The van der Waals surface area contributed by atoms with E-state index in [0.29, 0.717) is 6.54 Å². The molecule has 96 valence electrons. The van der Waals surface area contributed by atoms with Crippen LogP contribution in [0.25, 0.3) is 10.8 Å². The molecule has 2 aromatic rings. The van der Waals surface area contributed by atoms with Crippen LogP contribution >= 0.6 is 0 Å². The van der Waals surface area contributed by atoms with Crippen molar-refractivity contribution in [3.8, 4) is 5.75 Å². The van der Waals surface area contributed by atoms with Gasteiger partial charge in [0.2, 0.25) is 0 Å². The quantitative estimate of drug-likeness (QED) is 0.868. The lowest BCUT2D eigenvalue weighted by Gasteiger charge is -2.20. The molecule has 0 saturated carbocycles. The molecule has 1 aromatic carbocycles. The van der Waals surface area contributed by atoms with Crippen LogP contribution in [0.15, 0.2) is 30.5 Å². The van der Waals surface area contributed by atoms with Crippen molar-refractivity contribution in [1.29, 1.82) is 0 Å². The second kappa shape index (κ2) is 4.82. The van der Waals surface area contributed by atoms with E-state index in [1.807, 2.05) is 38.1 Å². The molecule has 0 aliphatic rings. The van der Waals surface area contributed by atoms with E-state index in [9.17, 15) is 0 Å². The summed E-state index contributed by atoms with van der Waals surface area (Å²) < 4.78 is 5.24. The fourth-order valence-electron chi connectivity index (χ4n) is 1.73. The molecule has 4 nitrogen and oxygen atoms in total. The molecule has 4 heteroatoms. The molecule has 1 heterocycles. The van der Waals surface area contributed by atoms with Crippen molar-refractivity contribution >= 4 is 16.6 Å². The minimum absolute atomic E-state index is 0.275. The van der Waals surface area contributed by atoms with Crippen molar-refractivity contribution < 1.29 is 4.74 Å². The molecule has 0 aliphatic heterocycles. The average Bonchev–Trinajstić information content (AvgIpc) is 2.34. The van der Waals surface area contributed by atoms with Crippen LogP contribution in [-0.2, 0) is 0 Å². The van der Waals surface area contributed by atoms with Gasteiger partial charge in [-0.2, -0.15) is 0 Å². The summed E-state index contributed by atoms with van der Waals surface area (Å²) in [6, 6.07) is 7.93. The fourth-order valence-corrected chi connectivity index (χ4v) is 1.73. The summed E-state index contributed by atoms with van der Waals surface area (Å²) in [5.74, 6) is 1.66. The van der Waals surface area contributed by atoms with E-state index >= 15 is 0 Å². The van der Waals surface area contributed by atoms with Crippen molar-refractivity contribution in [2.75, 3.05) is 19.0 Å². The highest BCUT2D eigenvalue weighted by atomic mass is 16.5. The van der Waals surface area contributed by atoms with Gasteiger partial charge in [0.15, 0.2) is 0 Å². The summed E-state index contributed by atoms with van der Waals surface area (Å²) >= 11 is 0. The smallest absolute Gasteiger partial charge is 0.134 e. The van der Waals surface area contributed by atoms with Gasteiger partial charge in [-0.05, 0) is 37.4 Å². The number of nitrogens with zero attached hydrogens (tertiary/aromatic N) is 1. The van der Waals surface area contributed by atoms with Gasteiger partial charge in [0.05, 0.1) is 7.11 Å². The first-order chi connectivity index (χ1) is 8.49. The van der Waals surface area contributed by atoms with Gasteiger partial charge < -0.3 is 15.8 Å². The maximum Gasteiger partial charge on any atom is 0.134 e. The van der Waals surface area contributed by atoms with E-state index in [-0.39, 0.29) is 5.54 Å². The Hall–Kier alpha value is -1.81. The zero-order chi connectivity index (χ0) is 13.2. The van der Waals surface area contributed by atoms with Gasteiger partial charge in [0.25, 0.3) is 0 Å². The number of ether oxygens (including phenoxy) is 1. The predicted octanol–water partition coefficient (Wildman–Crippen LogP) is 2.39. The summed E-state index contributed by atoms with van der Waals surface area (Å²) in [4.78, 5) is 4.36. The number of anilines is 1. The molecule has 0 spiro atoms. The van der Waals surface area contributed by atoms with Crippen molar-refractivity contribution in [1.82, 2.24) is 4.98 Å². The molecule has 0 bridgehead atoms. The molecule has 1 aromatic heterocycles. The highest BCUT2D eigenvalue weighted by molar-refractivity contribution is 5.92. The van der Waals surface area contributed by atoms with Gasteiger partial charge in [-0.25, -0.2) is 4.98 Å². The molecule has 2 rings (SSSR count). The zero-order valence-electron chi connectivity index (χ0n) is 11.0. The lowest BCUT2D eigenvalue weighted by Crippen LogP contribution is -2.39. The Balaban J connectivity index is 2.37. The normalized spacial score (nSPS) is 11.6. The van der Waals surface area contributed by atoms with Gasteiger partial charge in [-0.3, -0.25) is 0 Å². The van der Waals surface area contributed by atoms with Crippen molar-refractivity contribution in [3.63, 3.8) is 0 Å². The van der Waals surface area contributed by atoms with Crippen LogP contribution < -0.4 is 15.8 Å². The summed E-state index contributed by atoms with van der Waals surface area (Å²) in [5.41, 5.74) is 5.69. The van der Waals surface area contributed by atoms with E-state index in [4.69, 9.17) is 10.5 Å². The number of benzene rings is 1. The van der Waals surface area contributed by atoms with Gasteiger partial charge >= 0.3 is 0 Å². The first-order valence-corrected chi connectivity index (χ1v) is 5.95. The molecular weight excluding hydrogens is 226 g/mol. The van der Waals surface area contributed by atoms with Crippen LogP contribution in [0.5, 0.6) is 5.75 Å². The van der Waals surface area contributed by atoms with E-state index in [2.05, 4.69) is 10.3 Å². The lowest BCUT2D eigenvalue weighted by atomic mass is 10.1. The van der Waals surface area contributed by atoms with Crippen LogP contribution in [0, 0.1) is 0 Å². The van der Waals surface area contributed by atoms with Crippen molar-refractivity contribution in [2.45, 2.75) is 19.4 Å². The van der Waals surface area contributed by atoms with Crippen LogP contribution in [0.3, 0.4) is 0 Å². The van der Waals surface area contributed by atoms with Crippen LogP contribution in [0.2, 0.25) is 0 Å². The molecule has 0 aliphatic carbocycles. The number of hydrogen-bond acceptors (Lipinski definition) is 4. The number of pyridine rings is 1. The average molecular weight is 245 g/mol. The Bertz CT molecular complexity index is 546. The second-order valence-electron chi connectivity index (χ2n) is 5.09. The van der Waals surface area contributed by atoms with E-state index < -0.39 is 0 Å². The van der Waals surface area contributed by atoms with E-state index in [0.717, 1.165) is 22.3 Å². The van der Waals surface area contributed by atoms with Gasteiger partial charge in [-0.1, -0.05) is 6.07 Å². The SMILES string of the molecule is COc1ccc2ccnc(NCC(C)(C)N)c2c1. The number of nitrogens with one attached hydrogen (secondary N) is 1. The molecular formula is C14H19N3O. The van der Waals surface area contributed by atoms with E-state index in [1.54, 1.807) is 13.3 Å². The first kappa shape index (κ1) is 12.6. The summed E-state index contributed by atoms with van der Waals surface area (Å²) in [6.07, 6.45) is 1.79. The first-order valence-electron chi connectivity index (χ1n) is 5.95. The second-order valence-corrected chi connectivity index (χ2v) is 5.09. The van der Waals surface area contributed by atoms with Gasteiger partial charge in [0.1, 0.15) is 11.6 Å². The monoisotopic (exact) mass is 245 g/mol. The molecule has 0 unspecified atom stereocenters. The Morgan fingerprint density at radius 1 is 1.33 bits per heavy atom. The predicted molar refractivity (Wildman–Crippen MR) is 75.1 cm³/mol. The highest BCUT2D eigenvalue weighted by Crippen LogP contribution is 2.25. The molecule has 18 heavy (non-hydrogen) atoms. The molecule has 0 radical (unpaired) electrons. The summed E-state index contributed by atoms with van der Waals surface area (Å²) in [6.45, 7) is 4.62. The fraction of sp³-hybridized carbons (Fsp3) is 0.357. The number of rotatable bonds is 4. The lowest BCUT2D eigenvalue weighted by molar-refractivity contribution is 0.415. The standard InChI is InChI=1S/C14H19N3O/c1-14(2,15)9-17-13-12-8-11(18-3)5-4-10(12)6-7-16-13/h4-8H,9,15H2,1-3H3,(H,16,17). The van der Waals surface area contributed by atoms with Gasteiger partial charge in [-0.15, -0.1) is 0 Å². The summed E-state index contributed by atoms with van der Waals surface area (Å²) in [5, 5.41) is 5.46. The van der Waals surface area contributed by atoms with E-state index in [1.165, 1.54) is 0 Å². The number of aromatic nitrogens is 1. The Labute approximate surface area is 107 Å². The Kier molecular flexibility index (Phi) is 3.39. The van der Waals surface area contributed by atoms with Crippen LogP contribution in [0.1, 0.15) is 13.8 Å². The molecule has 0 atom stereocenters. The topological polar surface area (TPSA) is 60.2 Å². The summed E-state index contributed by atoms with van der Waals surface area (Å²) in [7, 11) is 1.66. The Morgan fingerprint density at radius 3 is 2.78 bits per heavy atom. The number of hydrogen-bond donors (Lipinski definition) is 2. The maximum atomic E-state index is 5.97. The van der Waals surface area contributed by atoms with Crippen molar-refractivity contribution in [3.05, 3.63) is 30.5 Å². The van der Waals surface area contributed by atoms with Crippen molar-refractivity contribution in [2.24, 2.45) is 5.73 Å². The molecule has 0 saturated heterocycles. The number of methoxy groups -OCH3 is 1. The minimum atomic E-state index is -0.275. The third kappa shape index (κ3) is 2.90. The van der Waals surface area contributed by atoms with Crippen LogP contribution in [-0.4, -0.2) is 24.2 Å². The number of nitrogens with two attached hydrogens (primary N) is 1. The highest BCUT2D eigenvalue weighted by Gasteiger charge is 2.11.